The number of urea groups is 1. The summed E-state index contributed by atoms with van der Waals surface area (Å²) in [5, 5.41) is 45.2. The number of ether oxygens (including phenoxy) is 4. The van der Waals surface area contributed by atoms with Gasteiger partial charge in [0.1, 0.15) is 23.4 Å². The van der Waals surface area contributed by atoms with Crippen LogP contribution in [-0.2, 0) is 102 Å². The van der Waals surface area contributed by atoms with E-state index < -0.39 is 103 Å². The van der Waals surface area contributed by atoms with Crippen LogP contribution >= 0.6 is 27.0 Å². The first-order valence-corrected chi connectivity index (χ1v) is 49.9. The molecule has 1 saturated carbocycles. The lowest BCUT2D eigenvalue weighted by Gasteiger charge is -2.36. The zero-order valence-electron chi connectivity index (χ0n) is 76.7. The molecule has 17 N–H and O–H groups in total. The van der Waals surface area contributed by atoms with Gasteiger partial charge in [-0.05, 0) is 175 Å². The second kappa shape index (κ2) is 64.3. The third-order valence-electron chi connectivity index (χ3n) is 22.1. The molecule has 2 heterocycles. The Kier molecular flexibility index (Phi) is 55.9. The number of aliphatic hydroxyl groups is 1. The number of aryl methyl sites for hydroxylation is 1. The summed E-state index contributed by atoms with van der Waals surface area (Å²) in [6.45, 7) is 8.00. The first-order valence-electron chi connectivity index (χ1n) is 45.6. The number of anilines is 2. The first-order chi connectivity index (χ1) is 63.4. The maximum atomic E-state index is 14.1. The maximum Gasteiger partial charge on any atom is 0.369 e. The fraction of sp³-hybridized carbons (Fsp3) is 0.615. The number of imide groups is 1. The van der Waals surface area contributed by atoms with Gasteiger partial charge in [0, 0.05) is 172 Å². The lowest BCUT2D eigenvalue weighted by atomic mass is 9.69. The number of aromatic nitrogens is 1. The Balaban J connectivity index is 0.000000566. The Morgan fingerprint density at radius 3 is 1.85 bits per heavy atom. The molecule has 5 rings (SSSR count). The zero-order valence-corrected chi connectivity index (χ0v) is 79.3. The van der Waals surface area contributed by atoms with Crippen LogP contribution in [0.15, 0.2) is 79.1 Å². The summed E-state index contributed by atoms with van der Waals surface area (Å²) in [7, 11) is -9.54. The van der Waals surface area contributed by atoms with Gasteiger partial charge in [-0.2, -0.15) is 0 Å². The summed E-state index contributed by atoms with van der Waals surface area (Å²) in [5.74, 6) is -5.84. The van der Waals surface area contributed by atoms with E-state index in [0.29, 0.717) is 139 Å². The third kappa shape index (κ3) is 47.9. The number of carboxylic acid groups (broad SMARTS) is 1. The SMILES string of the molecule is CCCOCCOCCCC(=O)CCC(=O)NCCOCCOCCCC(=O)CCC(=O)N[C@@H](CCCCNC(=O)CCN1C(=O)CC(SCCCC(=N)CCCCC(O)(P(=O)(O)O)P(=O)(O)O)C1=O)C(N)=O.CNC(=O)C1(CC(=O)[C@H](CCCC(=O)O)NC(=O)[C@H](CCCCNC(=O)/C=C/c2cccnc2)CC(=O)Cc2ccc(NC(=O)Nc3ccccc3C)cc2)CCCCC1. The number of nitrogens with two attached hydrogens (primary N) is 1. The third-order valence-corrected chi connectivity index (χ3v) is 27.2. The second-order valence-electron chi connectivity index (χ2n) is 33.0. The van der Waals surface area contributed by atoms with Crippen LogP contribution in [0.3, 0.4) is 0 Å². The van der Waals surface area contributed by atoms with Crippen LogP contribution in [0.5, 0.6) is 0 Å². The number of amides is 11. The number of nitrogens with zero attached hydrogens (tertiary/aromatic N) is 2. The highest BCUT2D eigenvalue weighted by atomic mass is 32.2. The summed E-state index contributed by atoms with van der Waals surface area (Å²) < 4.78 is 44.6. The van der Waals surface area contributed by atoms with E-state index in [1.54, 1.807) is 61.9 Å². The number of likely N-dealkylation sites (tertiary alicyclic amines) is 1. The molecule has 1 unspecified atom stereocenters. The van der Waals surface area contributed by atoms with Crippen molar-refractivity contribution in [2.75, 3.05) is 102 Å². The standard InChI is InChI=1S/C46H58N6O8.C45H80N6O19P2S/c1-32-12-4-5-15-38(32)52-45(60)50-36-21-18-33(19-22-36)28-37(53)29-35(14-6-9-27-49-41(55)23-20-34-13-11-26-48-31-34)43(58)51-39(16-10-17-42(56)57)40(54)30-46(44(59)47-2)24-7-3-8-25-46;1-2-24-67-28-29-68-25-7-12-35(52)15-17-39(54)49-22-27-70-31-30-69-26-8-13-36(53)16-18-41(56)50-37(43(47)58)14-4-6-21-48-40(55)19-23-51-42(57)33-38(44(51)59)73-32-9-11-34(46)10-3-5-20-45(60,71(61,62)63)72(64,65)66/h4-5,11-13,15,18-23,26,31,35,39H,3,6-10,14,16-17,24-25,27-30H2,1-2H3,(H,47,59)(H,49,55)(H,51,58)(H,56,57)(H2,50,52,60);37-38,46,60H,2-33H2,1H3,(H2,47,58)(H,48,55)(H,49,54)(H,50,56)(H2,61,62,63)(H2,64,65,66)/b23-20+;/t35-,39+;37-,38?/m10/s1. The van der Waals surface area contributed by atoms with E-state index in [0.717, 1.165) is 41.7 Å². The molecule has 2 fully saturated rings. The highest BCUT2D eigenvalue weighted by Gasteiger charge is 2.58. The highest BCUT2D eigenvalue weighted by Crippen LogP contribution is 2.69. The van der Waals surface area contributed by atoms with Gasteiger partial charge in [-0.15, -0.1) is 11.8 Å². The average molecular weight is 1930 g/mol. The number of pyridine rings is 1. The van der Waals surface area contributed by atoms with Crippen LogP contribution < -0.4 is 48.3 Å². The van der Waals surface area contributed by atoms with Gasteiger partial charge in [0.05, 0.1) is 49.7 Å². The molecule has 2 aliphatic rings. The fourth-order valence-corrected chi connectivity index (χ4v) is 17.9. The van der Waals surface area contributed by atoms with Gasteiger partial charge in [0.25, 0.3) is 5.08 Å². The number of carbonyl (C=O) groups is 15. The number of carboxylic acids is 1. The number of aliphatic carboxylic acids is 1. The van der Waals surface area contributed by atoms with Crippen molar-refractivity contribution >= 4 is 138 Å². The molecule has 1 aliphatic carbocycles. The largest absolute Gasteiger partial charge is 0.481 e. The van der Waals surface area contributed by atoms with Gasteiger partial charge in [-0.3, -0.25) is 86.1 Å². The number of para-hydroxylation sites is 1. The normalized spacial score (nSPS) is 14.4. The van der Waals surface area contributed by atoms with E-state index in [1.165, 1.54) is 17.8 Å². The van der Waals surface area contributed by atoms with Crippen molar-refractivity contribution in [2.45, 2.75) is 255 Å². The second-order valence-corrected chi connectivity index (χ2v) is 38.3. The minimum absolute atomic E-state index is 0.00779. The lowest BCUT2D eigenvalue weighted by molar-refractivity contribution is -0.140. The minimum atomic E-state index is -5.54. The van der Waals surface area contributed by atoms with Gasteiger partial charge in [0.15, 0.2) is 5.78 Å². The lowest BCUT2D eigenvalue weighted by Crippen LogP contribution is -2.48. The highest BCUT2D eigenvalue weighted by molar-refractivity contribution is 8.00. The summed E-state index contributed by atoms with van der Waals surface area (Å²) in [5.41, 5.74) is 8.42. The number of hydrogen-bond acceptors (Lipinski definition) is 25. The van der Waals surface area contributed by atoms with Crippen molar-refractivity contribution in [1.82, 2.24) is 41.8 Å². The quantitative estimate of drug-likeness (QED) is 0.00831. The van der Waals surface area contributed by atoms with Crippen LogP contribution in [0.4, 0.5) is 16.2 Å². The van der Waals surface area contributed by atoms with Crippen LogP contribution in [-0.4, -0.2) is 248 Å². The van der Waals surface area contributed by atoms with E-state index in [2.05, 4.69) is 47.5 Å². The number of primary amides is 1. The molecular weight excluding hydrogens is 1790 g/mol. The summed E-state index contributed by atoms with van der Waals surface area (Å²) >= 11 is 1.24. The van der Waals surface area contributed by atoms with Crippen LogP contribution in [0.25, 0.3) is 6.08 Å². The van der Waals surface area contributed by atoms with E-state index in [9.17, 15) is 111 Å². The van der Waals surface area contributed by atoms with Crippen molar-refractivity contribution in [3.05, 3.63) is 95.8 Å². The van der Waals surface area contributed by atoms with Gasteiger partial charge in [-0.1, -0.05) is 69.0 Å². The first kappa shape index (κ1) is 116. The van der Waals surface area contributed by atoms with Gasteiger partial charge in [0.2, 0.25) is 53.2 Å². The molecule has 1 saturated heterocycles. The van der Waals surface area contributed by atoms with Crippen molar-refractivity contribution in [2.24, 2.45) is 17.1 Å². The number of ketones is 4. The minimum Gasteiger partial charge on any atom is -0.481 e. The summed E-state index contributed by atoms with van der Waals surface area (Å²) in [4.78, 5) is 232. The van der Waals surface area contributed by atoms with Crippen LogP contribution in [0, 0.1) is 23.7 Å². The van der Waals surface area contributed by atoms with E-state index in [-0.39, 0.29) is 195 Å². The Labute approximate surface area is 781 Å². The van der Waals surface area contributed by atoms with E-state index >= 15 is 0 Å². The van der Waals surface area contributed by atoms with Crippen molar-refractivity contribution < 1.29 is 130 Å². The molecule has 0 radical (unpaired) electrons. The number of unbranched alkanes of at least 4 members (excludes halogenated alkanes) is 3. The molecule has 3 aromatic rings. The topological polar surface area (TPSA) is 611 Å². The monoisotopic (exact) mass is 1920 g/mol. The molecule has 0 spiro atoms. The number of hydrogen-bond donors (Lipinski definition) is 16. The molecule has 1 aromatic heterocycles. The maximum absolute atomic E-state index is 14.1. The number of rotatable bonds is 70. The molecule has 133 heavy (non-hydrogen) atoms. The molecule has 1 aliphatic heterocycles. The van der Waals surface area contributed by atoms with E-state index in [1.807, 2.05) is 38.1 Å². The number of Topliss-reactive ketones (excluding diaryl/α,β-unsaturated/α-hetero) is 4. The number of carbonyl (C=O) groups excluding carboxylic acids is 14. The van der Waals surface area contributed by atoms with E-state index in [4.69, 9.17) is 30.1 Å². The number of nitrogens with one attached hydrogen (secondary N) is 9. The van der Waals surface area contributed by atoms with Crippen molar-refractivity contribution in [3.63, 3.8) is 0 Å². The molecule has 2 aromatic carbocycles. The zero-order chi connectivity index (χ0) is 98.0. The van der Waals surface area contributed by atoms with Gasteiger partial charge < -0.3 is 102 Å². The smallest absolute Gasteiger partial charge is 0.369 e. The summed E-state index contributed by atoms with van der Waals surface area (Å²) in [6, 6.07) is 15.4. The predicted molar refractivity (Wildman–Crippen MR) is 498 cm³/mol. The molecule has 39 nitrogen and oxygen atoms in total. The van der Waals surface area contributed by atoms with Gasteiger partial charge >= 0.3 is 27.2 Å². The number of benzene rings is 2. The molecule has 11 amide bonds. The Bertz CT molecular complexity index is 4340. The predicted octanol–water partition coefficient (Wildman–Crippen LogP) is 8.25. The Morgan fingerprint density at radius 1 is 0.632 bits per heavy atom. The molecule has 740 valence electrons. The van der Waals surface area contributed by atoms with Crippen molar-refractivity contribution in [1.29, 1.82) is 5.41 Å². The Morgan fingerprint density at radius 2 is 1.23 bits per heavy atom. The number of thioether (sulfide) groups is 1. The molecule has 0 bridgehead atoms. The Hall–Kier alpha value is -9.70. The average Bonchev–Trinajstić information content (AvgIpc) is 1.01. The summed E-state index contributed by atoms with van der Waals surface area (Å²) in [6.07, 6.45) is 14.7. The molecular formula is C91H138N12O27P2S. The van der Waals surface area contributed by atoms with Crippen molar-refractivity contribution in [3.8, 4) is 0 Å². The van der Waals surface area contributed by atoms with Crippen LogP contribution in [0.2, 0.25) is 0 Å². The molecule has 4 atom stereocenters. The van der Waals surface area contributed by atoms with Crippen LogP contribution in [0.1, 0.15) is 236 Å². The fourth-order valence-electron chi connectivity index (χ4n) is 14.5. The molecule has 42 heteroatoms. The van der Waals surface area contributed by atoms with Gasteiger partial charge in [-0.25, -0.2) is 4.79 Å².